The van der Waals surface area contributed by atoms with E-state index in [1.165, 1.54) is 24.0 Å². The molecule has 0 radical (unpaired) electrons. The molecule has 140 valence electrons. The van der Waals surface area contributed by atoms with Gasteiger partial charge in [-0.05, 0) is 31.5 Å². The second-order valence-corrected chi connectivity index (χ2v) is 7.29. The van der Waals surface area contributed by atoms with E-state index in [9.17, 15) is 4.79 Å². The highest BCUT2D eigenvalue weighted by atomic mass is 32.1. The zero-order chi connectivity index (χ0) is 18.2. The Hall–Kier alpha value is -1.96. The molecule has 0 bridgehead atoms. The molecule has 7 heteroatoms. The van der Waals surface area contributed by atoms with Crippen LogP contribution in [0.5, 0.6) is 0 Å². The van der Waals surface area contributed by atoms with Crippen LogP contribution in [-0.2, 0) is 11.2 Å². The summed E-state index contributed by atoms with van der Waals surface area (Å²) < 4.78 is 5.10. The van der Waals surface area contributed by atoms with Crippen molar-refractivity contribution < 1.29 is 9.53 Å². The van der Waals surface area contributed by atoms with E-state index in [0.717, 1.165) is 50.6 Å². The highest BCUT2D eigenvalue weighted by molar-refractivity contribution is 7.14. The molecule has 1 N–H and O–H groups in total. The lowest BCUT2D eigenvalue weighted by Gasteiger charge is -2.33. The molecule has 0 spiro atoms. The normalized spacial score (nSPS) is 16.7. The highest BCUT2D eigenvalue weighted by Gasteiger charge is 2.29. The standard InChI is InChI=1S/C19H26N4O2S/c1-25-19(24)23(18-13-21-15-26-18)17(12-16-6-3-2-4-7-16)14-22-10-5-8-20-9-11-22/h2-4,6-7,13,15,17,20H,5,8-12,14H2,1H3. The van der Waals surface area contributed by atoms with Crippen molar-refractivity contribution in [3.8, 4) is 0 Å². The zero-order valence-electron chi connectivity index (χ0n) is 15.1. The van der Waals surface area contributed by atoms with Crippen molar-refractivity contribution >= 4 is 22.4 Å². The summed E-state index contributed by atoms with van der Waals surface area (Å²) in [5.41, 5.74) is 2.96. The maximum atomic E-state index is 12.6. The number of methoxy groups -OCH3 is 1. The van der Waals surface area contributed by atoms with E-state index in [1.54, 1.807) is 16.6 Å². The fourth-order valence-corrected chi connectivity index (χ4v) is 4.04. The third-order valence-electron chi connectivity index (χ3n) is 4.61. The molecule has 3 rings (SSSR count). The maximum Gasteiger partial charge on any atom is 0.415 e. The molecule has 2 heterocycles. The van der Waals surface area contributed by atoms with Crippen molar-refractivity contribution in [2.45, 2.75) is 18.9 Å². The number of amides is 1. The first-order valence-electron chi connectivity index (χ1n) is 9.00. The summed E-state index contributed by atoms with van der Waals surface area (Å²) in [6, 6.07) is 10.3. The highest BCUT2D eigenvalue weighted by Crippen LogP contribution is 2.25. The van der Waals surface area contributed by atoms with Crippen molar-refractivity contribution in [2.24, 2.45) is 0 Å². The van der Waals surface area contributed by atoms with Gasteiger partial charge in [0.2, 0.25) is 0 Å². The quantitative estimate of drug-likeness (QED) is 0.842. The molecule has 26 heavy (non-hydrogen) atoms. The molecule has 1 atom stereocenters. The minimum Gasteiger partial charge on any atom is -0.452 e. The molecule has 1 aliphatic rings. The summed E-state index contributed by atoms with van der Waals surface area (Å²) in [5.74, 6) is 0. The molecule has 2 aromatic rings. The van der Waals surface area contributed by atoms with Crippen LogP contribution in [0.4, 0.5) is 9.80 Å². The number of benzene rings is 1. The van der Waals surface area contributed by atoms with Crippen molar-refractivity contribution in [2.75, 3.05) is 44.7 Å². The van der Waals surface area contributed by atoms with Crippen LogP contribution in [0.25, 0.3) is 0 Å². The largest absolute Gasteiger partial charge is 0.452 e. The Labute approximate surface area is 158 Å². The maximum absolute atomic E-state index is 12.6. The molecule has 1 amide bonds. The summed E-state index contributed by atoms with van der Waals surface area (Å²) in [5, 5.41) is 4.26. The molecule has 1 saturated heterocycles. The SMILES string of the molecule is COC(=O)N(c1cncs1)C(Cc1ccccc1)CN1CCCNCC1. The molecule has 1 aliphatic heterocycles. The van der Waals surface area contributed by atoms with Gasteiger partial charge >= 0.3 is 6.09 Å². The lowest BCUT2D eigenvalue weighted by Crippen LogP contribution is -2.49. The van der Waals surface area contributed by atoms with E-state index in [4.69, 9.17) is 4.74 Å². The molecule has 1 fully saturated rings. The Morgan fingerprint density at radius 3 is 2.92 bits per heavy atom. The van der Waals surface area contributed by atoms with Crippen LogP contribution in [0.3, 0.4) is 0 Å². The van der Waals surface area contributed by atoms with E-state index in [-0.39, 0.29) is 12.1 Å². The van der Waals surface area contributed by atoms with Crippen LogP contribution in [0, 0.1) is 0 Å². The lowest BCUT2D eigenvalue weighted by molar-refractivity contribution is 0.172. The predicted molar refractivity (Wildman–Crippen MR) is 105 cm³/mol. The van der Waals surface area contributed by atoms with E-state index >= 15 is 0 Å². The van der Waals surface area contributed by atoms with E-state index in [0.29, 0.717) is 0 Å². The smallest absolute Gasteiger partial charge is 0.415 e. The summed E-state index contributed by atoms with van der Waals surface area (Å²) in [6.07, 6.45) is 3.31. The fourth-order valence-electron chi connectivity index (χ4n) is 3.35. The Kier molecular flexibility index (Phi) is 6.99. The van der Waals surface area contributed by atoms with Crippen LogP contribution in [-0.4, -0.2) is 61.9 Å². The van der Waals surface area contributed by atoms with Gasteiger partial charge in [0.15, 0.2) is 0 Å². The summed E-state index contributed by atoms with van der Waals surface area (Å²) in [6.45, 7) is 4.87. The number of hydrogen-bond acceptors (Lipinski definition) is 6. The number of nitrogens with zero attached hydrogens (tertiary/aromatic N) is 3. The number of carbonyl (C=O) groups excluding carboxylic acids is 1. The van der Waals surface area contributed by atoms with Crippen molar-refractivity contribution in [1.82, 2.24) is 15.2 Å². The van der Waals surface area contributed by atoms with E-state index in [2.05, 4.69) is 27.3 Å². The third-order valence-corrected chi connectivity index (χ3v) is 5.38. The van der Waals surface area contributed by atoms with Gasteiger partial charge in [0.1, 0.15) is 5.00 Å². The van der Waals surface area contributed by atoms with Gasteiger partial charge in [-0.1, -0.05) is 30.3 Å². The molecular formula is C19H26N4O2S. The van der Waals surface area contributed by atoms with Crippen molar-refractivity contribution in [3.63, 3.8) is 0 Å². The number of thiazole rings is 1. The number of ether oxygens (including phenoxy) is 1. The summed E-state index contributed by atoms with van der Waals surface area (Å²) in [7, 11) is 1.44. The van der Waals surface area contributed by atoms with Crippen LogP contribution in [0.2, 0.25) is 0 Å². The monoisotopic (exact) mass is 374 g/mol. The number of hydrogen-bond donors (Lipinski definition) is 1. The second kappa shape index (κ2) is 9.66. The third kappa shape index (κ3) is 5.03. The first kappa shape index (κ1) is 18.8. The summed E-state index contributed by atoms with van der Waals surface area (Å²) in [4.78, 5) is 21.0. The molecule has 1 aromatic carbocycles. The Morgan fingerprint density at radius 1 is 1.35 bits per heavy atom. The first-order valence-corrected chi connectivity index (χ1v) is 9.88. The Bertz CT molecular complexity index is 657. The molecular weight excluding hydrogens is 348 g/mol. The fraction of sp³-hybridized carbons (Fsp3) is 0.474. The van der Waals surface area contributed by atoms with Gasteiger partial charge in [-0.15, -0.1) is 11.3 Å². The number of aromatic nitrogens is 1. The summed E-state index contributed by atoms with van der Waals surface area (Å²) >= 11 is 1.46. The number of carbonyl (C=O) groups is 1. The molecule has 1 unspecified atom stereocenters. The minimum atomic E-state index is -0.330. The van der Waals surface area contributed by atoms with Gasteiger partial charge in [-0.25, -0.2) is 4.79 Å². The number of nitrogens with one attached hydrogen (secondary N) is 1. The van der Waals surface area contributed by atoms with Gasteiger partial charge < -0.3 is 10.1 Å². The van der Waals surface area contributed by atoms with Gasteiger partial charge in [0, 0.05) is 19.6 Å². The van der Waals surface area contributed by atoms with E-state index in [1.807, 2.05) is 18.2 Å². The number of rotatable bonds is 6. The van der Waals surface area contributed by atoms with Crippen LogP contribution < -0.4 is 10.2 Å². The average molecular weight is 375 g/mol. The molecule has 1 aromatic heterocycles. The van der Waals surface area contributed by atoms with Gasteiger partial charge in [-0.3, -0.25) is 14.8 Å². The van der Waals surface area contributed by atoms with Crippen molar-refractivity contribution in [3.05, 3.63) is 47.6 Å². The molecule has 0 aliphatic carbocycles. The van der Waals surface area contributed by atoms with Gasteiger partial charge in [-0.2, -0.15) is 0 Å². The Balaban J connectivity index is 1.85. The van der Waals surface area contributed by atoms with Crippen LogP contribution >= 0.6 is 11.3 Å². The lowest BCUT2D eigenvalue weighted by atomic mass is 10.0. The zero-order valence-corrected chi connectivity index (χ0v) is 16.0. The average Bonchev–Trinajstić information content (AvgIpc) is 3.06. The van der Waals surface area contributed by atoms with Gasteiger partial charge in [0.05, 0.1) is 24.9 Å². The minimum absolute atomic E-state index is 0.0107. The molecule has 0 saturated carbocycles. The number of anilines is 1. The van der Waals surface area contributed by atoms with Crippen LogP contribution in [0.15, 0.2) is 42.0 Å². The topological polar surface area (TPSA) is 57.7 Å². The van der Waals surface area contributed by atoms with Gasteiger partial charge in [0.25, 0.3) is 0 Å². The van der Waals surface area contributed by atoms with Crippen molar-refractivity contribution in [1.29, 1.82) is 0 Å². The van der Waals surface area contributed by atoms with E-state index < -0.39 is 0 Å². The van der Waals surface area contributed by atoms with Crippen LogP contribution in [0.1, 0.15) is 12.0 Å². The second-order valence-electron chi connectivity index (χ2n) is 6.43. The predicted octanol–water partition coefficient (Wildman–Crippen LogP) is 2.62. The first-order chi connectivity index (χ1) is 12.8. The Morgan fingerprint density at radius 2 is 2.19 bits per heavy atom. The molecule has 6 nitrogen and oxygen atoms in total.